The second-order valence-electron chi connectivity index (χ2n) is 4.27. The van der Waals surface area contributed by atoms with Crippen LogP contribution in [0.4, 0.5) is 0 Å². The third-order valence-electron chi connectivity index (χ3n) is 2.59. The summed E-state index contributed by atoms with van der Waals surface area (Å²) in [6.07, 6.45) is 2.55. The molecule has 0 amide bonds. The molecular formula is C10H23N. The first-order valence-electron chi connectivity index (χ1n) is 4.64. The van der Waals surface area contributed by atoms with Crippen molar-refractivity contribution in [3.8, 4) is 0 Å². The van der Waals surface area contributed by atoms with E-state index in [1.807, 2.05) is 0 Å². The van der Waals surface area contributed by atoms with Crippen LogP contribution in [0.1, 0.15) is 47.5 Å². The molecule has 0 radical (unpaired) electrons. The molecule has 1 heteroatoms. The zero-order chi connectivity index (χ0) is 9.07. The van der Waals surface area contributed by atoms with E-state index in [0.717, 1.165) is 0 Å². The summed E-state index contributed by atoms with van der Waals surface area (Å²) < 4.78 is 0. The van der Waals surface area contributed by atoms with E-state index in [-0.39, 0.29) is 0 Å². The molecule has 11 heavy (non-hydrogen) atoms. The van der Waals surface area contributed by atoms with E-state index >= 15 is 0 Å². The van der Waals surface area contributed by atoms with Crippen molar-refractivity contribution in [2.75, 3.05) is 7.05 Å². The minimum absolute atomic E-state index is 0.364. The van der Waals surface area contributed by atoms with Crippen LogP contribution in [0.3, 0.4) is 0 Å². The first-order valence-corrected chi connectivity index (χ1v) is 4.64. The Morgan fingerprint density at radius 2 is 1.73 bits per heavy atom. The lowest BCUT2D eigenvalue weighted by atomic mass is 9.96. The number of hydrogen-bond donors (Lipinski definition) is 0. The highest BCUT2D eigenvalue weighted by atomic mass is 15.2. The van der Waals surface area contributed by atoms with Gasteiger partial charge in [0.1, 0.15) is 0 Å². The molecule has 0 rings (SSSR count). The van der Waals surface area contributed by atoms with E-state index in [9.17, 15) is 0 Å². The molecule has 0 spiro atoms. The predicted molar refractivity (Wildman–Crippen MR) is 51.9 cm³/mol. The van der Waals surface area contributed by atoms with Gasteiger partial charge in [-0.3, -0.25) is 4.90 Å². The van der Waals surface area contributed by atoms with Gasteiger partial charge in [0.25, 0.3) is 0 Å². The van der Waals surface area contributed by atoms with E-state index < -0.39 is 0 Å². The Bertz CT molecular complexity index is 105. The van der Waals surface area contributed by atoms with Gasteiger partial charge in [-0.25, -0.2) is 0 Å². The summed E-state index contributed by atoms with van der Waals surface area (Å²) in [5, 5.41) is 0. The lowest BCUT2D eigenvalue weighted by Gasteiger charge is -2.38. The van der Waals surface area contributed by atoms with Gasteiger partial charge in [0.2, 0.25) is 0 Å². The molecule has 68 valence electrons. The largest absolute Gasteiger partial charge is 0.299 e. The Kier molecular flexibility index (Phi) is 4.09. The summed E-state index contributed by atoms with van der Waals surface area (Å²) in [6, 6.07) is 0.650. The SMILES string of the molecule is CCCC(C)(C)N(C)C(C)C. The van der Waals surface area contributed by atoms with E-state index in [2.05, 4.69) is 46.6 Å². The van der Waals surface area contributed by atoms with Gasteiger partial charge in [0, 0.05) is 11.6 Å². The monoisotopic (exact) mass is 157 g/mol. The van der Waals surface area contributed by atoms with Gasteiger partial charge in [-0.2, -0.15) is 0 Å². The first kappa shape index (κ1) is 11.0. The fourth-order valence-electron chi connectivity index (χ4n) is 1.49. The number of nitrogens with zero attached hydrogens (tertiary/aromatic N) is 1. The maximum absolute atomic E-state index is 2.44. The van der Waals surface area contributed by atoms with E-state index in [1.165, 1.54) is 12.8 Å². The summed E-state index contributed by atoms with van der Waals surface area (Å²) in [4.78, 5) is 2.44. The van der Waals surface area contributed by atoms with Crippen molar-refractivity contribution in [3.63, 3.8) is 0 Å². The quantitative estimate of drug-likeness (QED) is 0.606. The van der Waals surface area contributed by atoms with Gasteiger partial charge < -0.3 is 0 Å². The molecule has 0 saturated heterocycles. The topological polar surface area (TPSA) is 3.24 Å². The molecule has 0 N–H and O–H groups in total. The van der Waals surface area contributed by atoms with Crippen molar-refractivity contribution in [3.05, 3.63) is 0 Å². The van der Waals surface area contributed by atoms with Gasteiger partial charge >= 0.3 is 0 Å². The molecule has 0 aromatic heterocycles. The van der Waals surface area contributed by atoms with E-state index in [1.54, 1.807) is 0 Å². The Morgan fingerprint density at radius 1 is 1.27 bits per heavy atom. The summed E-state index contributed by atoms with van der Waals surface area (Å²) in [6.45, 7) is 11.4. The van der Waals surface area contributed by atoms with Crippen LogP contribution in [0.5, 0.6) is 0 Å². The van der Waals surface area contributed by atoms with Crippen LogP contribution < -0.4 is 0 Å². The molecule has 0 unspecified atom stereocenters. The summed E-state index contributed by atoms with van der Waals surface area (Å²) in [5.74, 6) is 0. The van der Waals surface area contributed by atoms with Crippen molar-refractivity contribution < 1.29 is 0 Å². The standard InChI is InChI=1S/C10H23N/c1-7-8-10(4,5)11(6)9(2)3/h9H,7-8H2,1-6H3. The molecular weight excluding hydrogens is 134 g/mol. The molecule has 0 aliphatic heterocycles. The number of hydrogen-bond acceptors (Lipinski definition) is 1. The van der Waals surface area contributed by atoms with Gasteiger partial charge in [0.15, 0.2) is 0 Å². The Balaban J connectivity index is 4.05. The highest BCUT2D eigenvalue weighted by molar-refractivity contribution is 4.80. The Hall–Kier alpha value is -0.0400. The molecule has 0 fully saturated rings. The molecule has 0 saturated carbocycles. The molecule has 0 bridgehead atoms. The zero-order valence-corrected chi connectivity index (χ0v) is 8.94. The second kappa shape index (κ2) is 4.10. The third-order valence-corrected chi connectivity index (χ3v) is 2.59. The van der Waals surface area contributed by atoms with Gasteiger partial charge in [0.05, 0.1) is 0 Å². The minimum Gasteiger partial charge on any atom is -0.299 e. The number of rotatable bonds is 4. The fourth-order valence-corrected chi connectivity index (χ4v) is 1.49. The molecule has 0 aromatic carbocycles. The molecule has 0 aliphatic rings. The average Bonchev–Trinajstić information content (AvgIpc) is 1.86. The lowest BCUT2D eigenvalue weighted by molar-refractivity contribution is 0.109. The van der Waals surface area contributed by atoms with Crippen LogP contribution in [-0.2, 0) is 0 Å². The Labute approximate surface area is 71.8 Å². The summed E-state index contributed by atoms with van der Waals surface area (Å²) in [7, 11) is 2.21. The molecule has 1 nitrogen and oxygen atoms in total. The summed E-state index contributed by atoms with van der Waals surface area (Å²) >= 11 is 0. The van der Waals surface area contributed by atoms with Crippen LogP contribution in [0.2, 0.25) is 0 Å². The van der Waals surface area contributed by atoms with Crippen LogP contribution in [0, 0.1) is 0 Å². The van der Waals surface area contributed by atoms with Crippen molar-refractivity contribution in [1.29, 1.82) is 0 Å². The molecule has 0 aromatic rings. The van der Waals surface area contributed by atoms with Gasteiger partial charge in [-0.05, 0) is 41.2 Å². The van der Waals surface area contributed by atoms with Gasteiger partial charge in [-0.1, -0.05) is 13.3 Å². The third kappa shape index (κ3) is 3.24. The highest BCUT2D eigenvalue weighted by Gasteiger charge is 2.23. The summed E-state index contributed by atoms with van der Waals surface area (Å²) in [5.41, 5.74) is 0.364. The average molecular weight is 157 g/mol. The lowest BCUT2D eigenvalue weighted by Crippen LogP contribution is -2.44. The van der Waals surface area contributed by atoms with E-state index in [4.69, 9.17) is 0 Å². The van der Waals surface area contributed by atoms with Gasteiger partial charge in [-0.15, -0.1) is 0 Å². The minimum atomic E-state index is 0.364. The second-order valence-corrected chi connectivity index (χ2v) is 4.27. The van der Waals surface area contributed by atoms with Crippen LogP contribution in [-0.4, -0.2) is 23.5 Å². The maximum atomic E-state index is 2.44. The van der Waals surface area contributed by atoms with Crippen molar-refractivity contribution in [1.82, 2.24) is 4.90 Å². The van der Waals surface area contributed by atoms with Crippen LogP contribution in [0.25, 0.3) is 0 Å². The normalized spacial score (nSPS) is 13.1. The Morgan fingerprint density at radius 3 is 2.00 bits per heavy atom. The maximum Gasteiger partial charge on any atom is 0.0152 e. The highest BCUT2D eigenvalue weighted by Crippen LogP contribution is 2.20. The van der Waals surface area contributed by atoms with Crippen LogP contribution >= 0.6 is 0 Å². The van der Waals surface area contributed by atoms with E-state index in [0.29, 0.717) is 11.6 Å². The van der Waals surface area contributed by atoms with Crippen molar-refractivity contribution in [2.45, 2.75) is 59.0 Å². The fraction of sp³-hybridized carbons (Fsp3) is 1.00. The first-order chi connectivity index (χ1) is 4.91. The van der Waals surface area contributed by atoms with Crippen molar-refractivity contribution in [2.24, 2.45) is 0 Å². The molecule has 0 aliphatic carbocycles. The molecule has 0 atom stereocenters. The predicted octanol–water partition coefficient (Wildman–Crippen LogP) is 2.91. The van der Waals surface area contributed by atoms with Crippen molar-refractivity contribution >= 4 is 0 Å². The zero-order valence-electron chi connectivity index (χ0n) is 8.94. The van der Waals surface area contributed by atoms with Crippen LogP contribution in [0.15, 0.2) is 0 Å². The molecule has 0 heterocycles. The smallest absolute Gasteiger partial charge is 0.0152 e.